The Hall–Kier alpha value is -2.76. The summed E-state index contributed by atoms with van der Waals surface area (Å²) < 4.78 is 5.12. The van der Waals surface area contributed by atoms with Crippen LogP contribution in [0.3, 0.4) is 0 Å². The van der Waals surface area contributed by atoms with Crippen molar-refractivity contribution in [3.8, 4) is 5.75 Å². The van der Waals surface area contributed by atoms with Gasteiger partial charge < -0.3 is 15.4 Å². The molecule has 0 atom stereocenters. The molecule has 0 spiro atoms. The summed E-state index contributed by atoms with van der Waals surface area (Å²) in [5.74, 6) is 0.654. The van der Waals surface area contributed by atoms with Crippen molar-refractivity contribution in [1.82, 2.24) is 4.98 Å². The number of nitrogens with zero attached hydrogens (tertiary/aromatic N) is 1. The van der Waals surface area contributed by atoms with Crippen LogP contribution in [-0.4, -0.2) is 18.0 Å². The van der Waals surface area contributed by atoms with Crippen LogP contribution in [0.4, 0.5) is 17.2 Å². The second-order valence-corrected chi connectivity index (χ2v) is 6.63. The number of aromatic nitrogens is 1. The molecule has 7 heteroatoms. The number of halogens is 2. The lowest BCUT2D eigenvalue weighted by Gasteiger charge is -2.13. The van der Waals surface area contributed by atoms with Gasteiger partial charge in [-0.3, -0.25) is 4.79 Å². The molecule has 3 rings (SSSR count). The Morgan fingerprint density at radius 2 is 1.93 bits per heavy atom. The number of benzene rings is 2. The van der Waals surface area contributed by atoms with Gasteiger partial charge in [-0.05, 0) is 55.0 Å². The van der Waals surface area contributed by atoms with Crippen molar-refractivity contribution in [2.45, 2.75) is 6.92 Å². The van der Waals surface area contributed by atoms with Crippen molar-refractivity contribution >= 4 is 46.3 Å². The Labute approximate surface area is 167 Å². The highest BCUT2D eigenvalue weighted by Gasteiger charge is 2.14. The first-order valence-electron chi connectivity index (χ1n) is 8.11. The second kappa shape index (κ2) is 8.29. The lowest BCUT2D eigenvalue weighted by molar-refractivity contribution is 0.102. The third-order valence-corrected chi connectivity index (χ3v) is 4.45. The summed E-state index contributed by atoms with van der Waals surface area (Å²) in [4.78, 5) is 17.0. The Bertz CT molecular complexity index is 993. The molecular formula is C20H17Cl2N3O2. The molecule has 27 heavy (non-hydrogen) atoms. The maximum absolute atomic E-state index is 12.8. The Kier molecular flexibility index (Phi) is 5.84. The number of methoxy groups -OCH3 is 1. The first-order valence-corrected chi connectivity index (χ1v) is 8.86. The van der Waals surface area contributed by atoms with Gasteiger partial charge in [0, 0.05) is 22.6 Å². The van der Waals surface area contributed by atoms with E-state index in [9.17, 15) is 4.79 Å². The predicted molar refractivity (Wildman–Crippen MR) is 110 cm³/mol. The molecule has 0 radical (unpaired) electrons. The summed E-state index contributed by atoms with van der Waals surface area (Å²) in [7, 11) is 1.53. The van der Waals surface area contributed by atoms with Gasteiger partial charge in [0.05, 0.1) is 17.7 Å². The van der Waals surface area contributed by atoms with Crippen LogP contribution < -0.4 is 15.4 Å². The fourth-order valence-electron chi connectivity index (χ4n) is 2.49. The summed E-state index contributed by atoms with van der Waals surface area (Å²) in [5, 5.41) is 7.00. The maximum Gasteiger partial charge on any atom is 0.259 e. The van der Waals surface area contributed by atoms with Crippen LogP contribution in [0, 0.1) is 6.92 Å². The lowest BCUT2D eigenvalue weighted by atomic mass is 10.1. The van der Waals surface area contributed by atoms with Gasteiger partial charge in [-0.25, -0.2) is 4.98 Å². The van der Waals surface area contributed by atoms with Gasteiger partial charge in [0.15, 0.2) is 0 Å². The van der Waals surface area contributed by atoms with E-state index in [1.54, 1.807) is 42.6 Å². The standard InChI is InChI=1S/C20H17Cl2N3O2/c1-12-5-6-13(21)10-17(12)25-19-15(4-3-9-23-19)20(26)24-14-7-8-18(27-2)16(22)11-14/h3-11H,1-2H3,(H,23,25)(H,24,26). The lowest BCUT2D eigenvalue weighted by Crippen LogP contribution is -2.14. The number of carbonyl (C=O) groups is 1. The molecule has 2 N–H and O–H groups in total. The van der Waals surface area contributed by atoms with E-state index < -0.39 is 0 Å². The van der Waals surface area contributed by atoms with Crippen LogP contribution in [0.2, 0.25) is 10.0 Å². The van der Waals surface area contributed by atoms with E-state index in [0.717, 1.165) is 11.3 Å². The van der Waals surface area contributed by atoms with E-state index in [-0.39, 0.29) is 5.91 Å². The minimum Gasteiger partial charge on any atom is -0.495 e. The fourth-order valence-corrected chi connectivity index (χ4v) is 2.92. The molecule has 0 saturated carbocycles. The van der Waals surface area contributed by atoms with Crippen LogP contribution in [-0.2, 0) is 0 Å². The molecule has 1 aromatic heterocycles. The maximum atomic E-state index is 12.8. The fraction of sp³-hybridized carbons (Fsp3) is 0.100. The number of carbonyl (C=O) groups excluding carboxylic acids is 1. The van der Waals surface area contributed by atoms with Gasteiger partial charge >= 0.3 is 0 Å². The molecule has 0 fully saturated rings. The molecule has 0 unspecified atom stereocenters. The SMILES string of the molecule is COc1ccc(NC(=O)c2cccnc2Nc2cc(Cl)ccc2C)cc1Cl. The molecule has 0 aliphatic heterocycles. The smallest absolute Gasteiger partial charge is 0.259 e. The normalized spacial score (nSPS) is 10.4. The number of aryl methyl sites for hydroxylation is 1. The van der Waals surface area contributed by atoms with Gasteiger partial charge in [-0.1, -0.05) is 29.3 Å². The summed E-state index contributed by atoms with van der Waals surface area (Å²) >= 11 is 12.2. The van der Waals surface area contributed by atoms with E-state index in [2.05, 4.69) is 15.6 Å². The van der Waals surface area contributed by atoms with Gasteiger partial charge in [-0.15, -0.1) is 0 Å². The van der Waals surface area contributed by atoms with Crippen molar-refractivity contribution in [2.75, 3.05) is 17.7 Å². The Morgan fingerprint density at radius 3 is 2.67 bits per heavy atom. The Morgan fingerprint density at radius 1 is 1.11 bits per heavy atom. The van der Waals surface area contributed by atoms with E-state index in [4.69, 9.17) is 27.9 Å². The molecule has 1 heterocycles. The number of rotatable bonds is 5. The van der Waals surface area contributed by atoms with Crippen molar-refractivity contribution in [1.29, 1.82) is 0 Å². The monoisotopic (exact) mass is 401 g/mol. The average Bonchev–Trinajstić information content (AvgIpc) is 2.65. The van der Waals surface area contributed by atoms with Crippen LogP contribution in [0.1, 0.15) is 15.9 Å². The third-order valence-electron chi connectivity index (χ3n) is 3.91. The van der Waals surface area contributed by atoms with Crippen molar-refractivity contribution < 1.29 is 9.53 Å². The molecule has 5 nitrogen and oxygen atoms in total. The highest BCUT2D eigenvalue weighted by Crippen LogP contribution is 2.28. The number of anilines is 3. The summed E-state index contributed by atoms with van der Waals surface area (Å²) in [6.45, 7) is 1.95. The van der Waals surface area contributed by atoms with Crippen LogP contribution in [0.15, 0.2) is 54.7 Å². The zero-order valence-electron chi connectivity index (χ0n) is 14.7. The topological polar surface area (TPSA) is 63.2 Å². The first kappa shape index (κ1) is 19.0. The minimum absolute atomic E-state index is 0.313. The van der Waals surface area contributed by atoms with Gasteiger partial charge in [0.1, 0.15) is 11.6 Å². The third kappa shape index (κ3) is 4.51. The zero-order valence-corrected chi connectivity index (χ0v) is 16.2. The number of amides is 1. The zero-order chi connectivity index (χ0) is 19.4. The van der Waals surface area contributed by atoms with Crippen molar-refractivity contribution in [3.05, 3.63) is 75.9 Å². The number of ether oxygens (including phenoxy) is 1. The van der Waals surface area contributed by atoms with Crippen LogP contribution >= 0.6 is 23.2 Å². The predicted octanol–water partition coefficient (Wildman–Crippen LogP) is 5.70. The average molecular weight is 402 g/mol. The van der Waals surface area contributed by atoms with Gasteiger partial charge in [0.2, 0.25) is 0 Å². The molecule has 3 aromatic rings. The highest BCUT2D eigenvalue weighted by molar-refractivity contribution is 6.32. The van der Waals surface area contributed by atoms with E-state index in [0.29, 0.717) is 32.9 Å². The first-order chi connectivity index (χ1) is 13.0. The summed E-state index contributed by atoms with van der Waals surface area (Å²) in [6.07, 6.45) is 1.61. The molecular weight excluding hydrogens is 385 g/mol. The molecule has 138 valence electrons. The molecule has 0 aliphatic rings. The quantitative estimate of drug-likeness (QED) is 0.575. The van der Waals surface area contributed by atoms with Crippen LogP contribution in [0.5, 0.6) is 5.75 Å². The number of hydrogen-bond acceptors (Lipinski definition) is 4. The van der Waals surface area contributed by atoms with E-state index >= 15 is 0 Å². The summed E-state index contributed by atoms with van der Waals surface area (Å²) in [6, 6.07) is 13.9. The Balaban J connectivity index is 1.85. The highest BCUT2D eigenvalue weighted by atomic mass is 35.5. The minimum atomic E-state index is -0.313. The number of nitrogens with one attached hydrogen (secondary N) is 2. The number of hydrogen-bond donors (Lipinski definition) is 2. The largest absolute Gasteiger partial charge is 0.495 e. The van der Waals surface area contributed by atoms with Crippen molar-refractivity contribution in [2.24, 2.45) is 0 Å². The second-order valence-electron chi connectivity index (χ2n) is 5.79. The van der Waals surface area contributed by atoms with E-state index in [1.807, 2.05) is 19.1 Å². The van der Waals surface area contributed by atoms with E-state index in [1.165, 1.54) is 7.11 Å². The van der Waals surface area contributed by atoms with Crippen LogP contribution in [0.25, 0.3) is 0 Å². The summed E-state index contributed by atoms with van der Waals surface area (Å²) in [5.41, 5.74) is 2.71. The molecule has 2 aromatic carbocycles. The van der Waals surface area contributed by atoms with Gasteiger partial charge in [-0.2, -0.15) is 0 Å². The molecule has 0 bridgehead atoms. The molecule has 1 amide bonds. The van der Waals surface area contributed by atoms with Crippen molar-refractivity contribution in [3.63, 3.8) is 0 Å². The molecule has 0 aliphatic carbocycles. The molecule has 0 saturated heterocycles. The number of pyridine rings is 1. The van der Waals surface area contributed by atoms with Gasteiger partial charge in [0.25, 0.3) is 5.91 Å².